The first-order valence-electron chi connectivity index (χ1n) is 7.03. The summed E-state index contributed by atoms with van der Waals surface area (Å²) >= 11 is 0. The Bertz CT molecular complexity index is 515. The van der Waals surface area contributed by atoms with E-state index in [4.69, 9.17) is 0 Å². The lowest BCUT2D eigenvalue weighted by molar-refractivity contribution is 0.0413. The highest BCUT2D eigenvalue weighted by Gasteiger charge is 2.30. The van der Waals surface area contributed by atoms with Crippen molar-refractivity contribution in [2.75, 3.05) is 32.5 Å². The third-order valence-electron chi connectivity index (χ3n) is 4.19. The highest BCUT2D eigenvalue weighted by Crippen LogP contribution is 2.22. The molecule has 2 rings (SSSR count). The fourth-order valence-corrected chi connectivity index (χ4v) is 2.69. The summed E-state index contributed by atoms with van der Waals surface area (Å²) in [7, 11) is 3.45. The Hall–Kier alpha value is -1.69. The lowest BCUT2D eigenvalue weighted by atomic mass is 10.1. The number of likely N-dealkylation sites (N-methyl/N-ethyl adjacent to an activating group) is 1. The molecule has 1 fully saturated rings. The molecule has 1 amide bonds. The molecule has 1 aromatic carbocycles. The number of hydrogen-bond donors (Lipinski definition) is 1. The molecule has 1 N–H and O–H groups in total. The van der Waals surface area contributed by atoms with E-state index in [0.29, 0.717) is 13.1 Å². The predicted molar refractivity (Wildman–Crippen MR) is 78.5 cm³/mol. The number of benzene rings is 1. The second kappa shape index (κ2) is 5.97. The van der Waals surface area contributed by atoms with Gasteiger partial charge in [-0.2, -0.15) is 0 Å². The van der Waals surface area contributed by atoms with Gasteiger partial charge in [0, 0.05) is 37.8 Å². The Morgan fingerprint density at radius 1 is 1.19 bits per heavy atom. The molecule has 0 saturated carbocycles. The van der Waals surface area contributed by atoms with Crippen LogP contribution in [0.15, 0.2) is 12.1 Å². The molecule has 21 heavy (non-hydrogen) atoms. The minimum absolute atomic E-state index is 0.0490. The fraction of sp³-hybridized carbons (Fsp3) is 0.533. The van der Waals surface area contributed by atoms with Crippen LogP contribution in [0.5, 0.6) is 0 Å². The van der Waals surface area contributed by atoms with Crippen molar-refractivity contribution in [1.29, 1.82) is 0 Å². The number of anilines is 1. The Kier molecular flexibility index (Phi) is 4.46. The van der Waals surface area contributed by atoms with E-state index < -0.39 is 11.6 Å². The minimum Gasteiger partial charge on any atom is -0.383 e. The molecule has 0 radical (unpaired) electrons. The third kappa shape index (κ3) is 3.00. The summed E-state index contributed by atoms with van der Waals surface area (Å²) in [6, 6.07) is 2.60. The Morgan fingerprint density at radius 3 is 2.10 bits per heavy atom. The number of nitrogens with one attached hydrogen (secondary N) is 1. The SMILES string of the molecule is CNc1c(F)cc(C(=O)N2CC(C)N(C)C(C)C2)cc1F. The predicted octanol–water partition coefficient (Wildman–Crippen LogP) is 2.17. The van der Waals surface area contributed by atoms with Gasteiger partial charge in [0.2, 0.25) is 0 Å². The van der Waals surface area contributed by atoms with Gasteiger partial charge in [-0.15, -0.1) is 0 Å². The zero-order chi connectivity index (χ0) is 15.7. The Balaban J connectivity index is 2.25. The number of amides is 1. The summed E-state index contributed by atoms with van der Waals surface area (Å²) in [5.74, 6) is -1.84. The monoisotopic (exact) mass is 297 g/mol. The van der Waals surface area contributed by atoms with Crippen molar-refractivity contribution in [3.63, 3.8) is 0 Å². The quantitative estimate of drug-likeness (QED) is 0.909. The number of hydrogen-bond acceptors (Lipinski definition) is 3. The molecular weight excluding hydrogens is 276 g/mol. The number of piperazine rings is 1. The zero-order valence-corrected chi connectivity index (χ0v) is 12.8. The average molecular weight is 297 g/mol. The second-order valence-electron chi connectivity index (χ2n) is 5.64. The largest absolute Gasteiger partial charge is 0.383 e. The number of nitrogens with zero attached hydrogens (tertiary/aromatic N) is 2. The van der Waals surface area contributed by atoms with Gasteiger partial charge >= 0.3 is 0 Å². The molecule has 1 aliphatic heterocycles. The molecule has 1 heterocycles. The van der Waals surface area contributed by atoms with Gasteiger partial charge in [0.05, 0.1) is 0 Å². The van der Waals surface area contributed by atoms with Crippen molar-refractivity contribution in [1.82, 2.24) is 9.80 Å². The van der Waals surface area contributed by atoms with E-state index in [1.807, 2.05) is 20.9 Å². The van der Waals surface area contributed by atoms with Crippen LogP contribution in [0.1, 0.15) is 24.2 Å². The van der Waals surface area contributed by atoms with Crippen molar-refractivity contribution in [3.05, 3.63) is 29.3 Å². The van der Waals surface area contributed by atoms with Crippen molar-refractivity contribution in [3.8, 4) is 0 Å². The van der Waals surface area contributed by atoms with Crippen LogP contribution in [0.4, 0.5) is 14.5 Å². The summed E-state index contributed by atoms with van der Waals surface area (Å²) in [5, 5.41) is 2.45. The molecule has 1 aliphatic rings. The Labute approximate surface area is 123 Å². The summed E-state index contributed by atoms with van der Waals surface area (Å²) in [4.78, 5) is 16.3. The lowest BCUT2D eigenvalue weighted by Crippen LogP contribution is -2.56. The Morgan fingerprint density at radius 2 is 1.67 bits per heavy atom. The number of carbonyl (C=O) groups is 1. The van der Waals surface area contributed by atoms with E-state index in [0.717, 1.165) is 12.1 Å². The molecular formula is C15H21F2N3O. The van der Waals surface area contributed by atoms with Gasteiger partial charge in [0.25, 0.3) is 5.91 Å². The van der Waals surface area contributed by atoms with Gasteiger partial charge in [-0.25, -0.2) is 8.78 Å². The van der Waals surface area contributed by atoms with Crippen molar-refractivity contribution in [2.24, 2.45) is 0 Å². The van der Waals surface area contributed by atoms with E-state index in [-0.39, 0.29) is 29.2 Å². The standard InChI is InChI=1S/C15H21F2N3O/c1-9-7-20(8-10(2)19(9)4)15(21)11-5-12(16)14(18-3)13(17)6-11/h5-6,9-10,18H,7-8H2,1-4H3. The highest BCUT2D eigenvalue weighted by molar-refractivity contribution is 5.94. The maximum absolute atomic E-state index is 13.8. The van der Waals surface area contributed by atoms with Crippen LogP contribution in [0.25, 0.3) is 0 Å². The van der Waals surface area contributed by atoms with Crippen LogP contribution in [0.2, 0.25) is 0 Å². The molecule has 0 aromatic heterocycles. The van der Waals surface area contributed by atoms with Crippen LogP contribution < -0.4 is 5.32 Å². The first-order chi connectivity index (χ1) is 9.85. The van der Waals surface area contributed by atoms with Gasteiger partial charge in [0.15, 0.2) is 0 Å². The van der Waals surface area contributed by atoms with Gasteiger partial charge in [0.1, 0.15) is 17.3 Å². The van der Waals surface area contributed by atoms with Gasteiger partial charge < -0.3 is 10.2 Å². The molecule has 1 saturated heterocycles. The van der Waals surface area contributed by atoms with E-state index in [9.17, 15) is 13.6 Å². The first kappa shape index (κ1) is 15.7. The van der Waals surface area contributed by atoms with Crippen LogP contribution in [-0.2, 0) is 0 Å². The topological polar surface area (TPSA) is 35.6 Å². The van der Waals surface area contributed by atoms with Crippen LogP contribution in [0.3, 0.4) is 0 Å². The van der Waals surface area contributed by atoms with Crippen LogP contribution in [0, 0.1) is 11.6 Å². The summed E-state index contributed by atoms with van der Waals surface area (Å²) < 4.78 is 27.5. The maximum Gasteiger partial charge on any atom is 0.254 e. The van der Waals surface area contributed by atoms with Crippen molar-refractivity contribution >= 4 is 11.6 Å². The van der Waals surface area contributed by atoms with Gasteiger partial charge in [-0.3, -0.25) is 9.69 Å². The van der Waals surface area contributed by atoms with E-state index >= 15 is 0 Å². The average Bonchev–Trinajstić information content (AvgIpc) is 2.43. The van der Waals surface area contributed by atoms with Crippen molar-refractivity contribution in [2.45, 2.75) is 25.9 Å². The number of carbonyl (C=O) groups excluding carboxylic acids is 1. The third-order valence-corrected chi connectivity index (χ3v) is 4.19. The van der Waals surface area contributed by atoms with E-state index in [2.05, 4.69) is 10.2 Å². The first-order valence-corrected chi connectivity index (χ1v) is 7.03. The molecule has 116 valence electrons. The zero-order valence-electron chi connectivity index (χ0n) is 12.8. The van der Waals surface area contributed by atoms with E-state index in [1.54, 1.807) is 4.90 Å². The highest BCUT2D eigenvalue weighted by atomic mass is 19.1. The van der Waals surface area contributed by atoms with Gasteiger partial charge in [-0.1, -0.05) is 0 Å². The lowest BCUT2D eigenvalue weighted by Gasteiger charge is -2.42. The second-order valence-corrected chi connectivity index (χ2v) is 5.64. The fourth-order valence-electron chi connectivity index (χ4n) is 2.69. The molecule has 4 nitrogen and oxygen atoms in total. The molecule has 2 atom stereocenters. The van der Waals surface area contributed by atoms with Crippen LogP contribution >= 0.6 is 0 Å². The summed E-state index contributed by atoms with van der Waals surface area (Å²) in [5.41, 5.74) is -0.167. The van der Waals surface area contributed by atoms with Gasteiger partial charge in [-0.05, 0) is 33.0 Å². The molecule has 0 bridgehead atoms. The van der Waals surface area contributed by atoms with Crippen LogP contribution in [-0.4, -0.2) is 55.0 Å². The summed E-state index contributed by atoms with van der Waals surface area (Å²) in [6.45, 7) is 5.16. The minimum atomic E-state index is -0.754. The normalized spacial score (nSPS) is 23.2. The maximum atomic E-state index is 13.8. The molecule has 0 spiro atoms. The molecule has 6 heteroatoms. The van der Waals surface area contributed by atoms with E-state index in [1.165, 1.54) is 7.05 Å². The molecule has 1 aromatic rings. The van der Waals surface area contributed by atoms with Crippen molar-refractivity contribution < 1.29 is 13.6 Å². The summed E-state index contributed by atoms with van der Waals surface area (Å²) in [6.07, 6.45) is 0. The molecule has 2 unspecified atom stereocenters. The number of halogens is 2. The smallest absolute Gasteiger partial charge is 0.254 e. The number of rotatable bonds is 2. The molecule has 0 aliphatic carbocycles.